The lowest BCUT2D eigenvalue weighted by Gasteiger charge is -2.16. The molecule has 0 aliphatic rings. The zero-order valence-corrected chi connectivity index (χ0v) is 21.5. The van der Waals surface area contributed by atoms with Crippen LogP contribution in [0.5, 0.6) is 0 Å². The van der Waals surface area contributed by atoms with Crippen LogP contribution in [0.4, 0.5) is 0 Å². The molecule has 0 bridgehead atoms. The molecule has 0 saturated carbocycles. The Kier molecular flexibility index (Phi) is 30.9. The minimum absolute atomic E-state index is 0.0451. The standard InChI is InChI=1S/C12H26.C9H16O4.C5H12O2/c1-3-5-7-9-11-12-10-8-6-4-2;10-8(11)6-4-2-1-3-5-7-9(12)13;1-5(2,3-6)4-7/h3-12H2,1-2H3;1-7H2,(H,10,11)(H,12,13);6-7H,3-4H2,1-2H3. The molecule has 0 aliphatic carbocycles. The van der Waals surface area contributed by atoms with E-state index < -0.39 is 11.9 Å². The van der Waals surface area contributed by atoms with Gasteiger partial charge in [-0.05, 0) is 12.8 Å². The van der Waals surface area contributed by atoms with Crippen LogP contribution >= 0.6 is 0 Å². The average Bonchev–Trinajstić information content (AvgIpc) is 2.75. The Morgan fingerprint density at radius 1 is 0.531 bits per heavy atom. The maximum atomic E-state index is 10.1. The van der Waals surface area contributed by atoms with E-state index in [4.69, 9.17) is 20.4 Å². The molecule has 6 heteroatoms. The van der Waals surface area contributed by atoms with Crippen molar-refractivity contribution < 1.29 is 30.0 Å². The Morgan fingerprint density at radius 3 is 0.969 bits per heavy atom. The number of rotatable bonds is 19. The highest BCUT2D eigenvalue weighted by atomic mass is 16.4. The predicted octanol–water partition coefficient (Wildman–Crippen LogP) is 6.81. The molecule has 0 rings (SSSR count). The minimum atomic E-state index is -0.759. The van der Waals surface area contributed by atoms with E-state index in [2.05, 4.69) is 13.8 Å². The fourth-order valence-electron chi connectivity index (χ4n) is 2.69. The molecule has 4 N–H and O–H groups in total. The number of carbonyl (C=O) groups is 2. The van der Waals surface area contributed by atoms with Crippen molar-refractivity contribution in [3.63, 3.8) is 0 Å². The molecule has 0 aromatic carbocycles. The van der Waals surface area contributed by atoms with Crippen LogP contribution in [0.15, 0.2) is 0 Å². The van der Waals surface area contributed by atoms with Gasteiger partial charge in [-0.3, -0.25) is 9.59 Å². The summed E-state index contributed by atoms with van der Waals surface area (Å²) in [7, 11) is 0. The van der Waals surface area contributed by atoms with Gasteiger partial charge in [0.25, 0.3) is 0 Å². The van der Waals surface area contributed by atoms with Crippen molar-refractivity contribution in [3.05, 3.63) is 0 Å². The Balaban J connectivity index is -0.000000412. The molecule has 0 spiro atoms. The summed E-state index contributed by atoms with van der Waals surface area (Å²) in [5.41, 5.74) is -0.306. The molecule has 0 atom stereocenters. The Morgan fingerprint density at radius 2 is 0.781 bits per heavy atom. The molecule has 32 heavy (non-hydrogen) atoms. The van der Waals surface area contributed by atoms with E-state index in [1.165, 1.54) is 64.2 Å². The van der Waals surface area contributed by atoms with Gasteiger partial charge in [0.2, 0.25) is 0 Å². The molecule has 0 aromatic rings. The highest BCUT2D eigenvalue weighted by Crippen LogP contribution is 2.11. The molecule has 0 aliphatic heterocycles. The van der Waals surface area contributed by atoms with Crippen molar-refractivity contribution >= 4 is 11.9 Å². The molecule has 0 aromatic heterocycles. The first kappa shape index (κ1) is 35.4. The number of aliphatic carboxylic acids is 2. The number of carboxylic acid groups (broad SMARTS) is 2. The van der Waals surface area contributed by atoms with Crippen molar-refractivity contribution in [1.82, 2.24) is 0 Å². The lowest BCUT2D eigenvalue weighted by molar-refractivity contribution is -0.138. The molecule has 194 valence electrons. The van der Waals surface area contributed by atoms with Gasteiger partial charge in [-0.1, -0.05) is 111 Å². The Hall–Kier alpha value is -1.14. The number of unbranched alkanes of at least 4 members (excludes halogenated alkanes) is 13. The number of aliphatic hydroxyl groups excluding tert-OH is 2. The first-order valence-corrected chi connectivity index (χ1v) is 12.8. The van der Waals surface area contributed by atoms with Crippen LogP contribution in [0, 0.1) is 5.41 Å². The molecule has 0 fully saturated rings. The van der Waals surface area contributed by atoms with Crippen molar-refractivity contribution in [3.8, 4) is 0 Å². The van der Waals surface area contributed by atoms with Crippen LogP contribution in [0.25, 0.3) is 0 Å². The van der Waals surface area contributed by atoms with Gasteiger partial charge in [0.05, 0.1) is 13.2 Å². The monoisotopic (exact) mass is 462 g/mol. The Labute approximate surface area is 197 Å². The lowest BCUT2D eigenvalue weighted by Crippen LogP contribution is -2.20. The van der Waals surface area contributed by atoms with Crippen molar-refractivity contribution in [1.29, 1.82) is 0 Å². The zero-order chi connectivity index (χ0) is 25.1. The largest absolute Gasteiger partial charge is 0.481 e. The summed E-state index contributed by atoms with van der Waals surface area (Å²) in [4.78, 5) is 20.2. The fraction of sp³-hybridized carbons (Fsp3) is 0.923. The van der Waals surface area contributed by atoms with Gasteiger partial charge in [0.15, 0.2) is 0 Å². The topological polar surface area (TPSA) is 115 Å². The van der Waals surface area contributed by atoms with Gasteiger partial charge in [0, 0.05) is 18.3 Å². The highest BCUT2D eigenvalue weighted by Gasteiger charge is 2.13. The quantitative estimate of drug-likeness (QED) is 0.157. The summed E-state index contributed by atoms with van der Waals surface area (Å²) in [6.07, 6.45) is 19.0. The van der Waals surface area contributed by atoms with Gasteiger partial charge in [-0.15, -0.1) is 0 Å². The molecular weight excluding hydrogens is 408 g/mol. The van der Waals surface area contributed by atoms with E-state index in [0.717, 1.165) is 19.3 Å². The SMILES string of the molecule is CC(C)(CO)CO.CCCCCCCCCCCC.O=C(O)CCCCCCCC(=O)O. The molecular formula is C26H54O6. The normalized spacial score (nSPS) is 10.6. The highest BCUT2D eigenvalue weighted by molar-refractivity contribution is 5.66. The number of aliphatic hydroxyl groups is 2. The summed E-state index contributed by atoms with van der Waals surface area (Å²) < 4.78 is 0. The zero-order valence-electron chi connectivity index (χ0n) is 21.5. The first-order chi connectivity index (χ1) is 15.2. The fourth-order valence-corrected chi connectivity index (χ4v) is 2.69. The van der Waals surface area contributed by atoms with Gasteiger partial charge in [-0.2, -0.15) is 0 Å². The number of hydrogen-bond donors (Lipinski definition) is 4. The van der Waals surface area contributed by atoms with Crippen molar-refractivity contribution in [2.45, 2.75) is 137 Å². The molecule has 6 nitrogen and oxygen atoms in total. The van der Waals surface area contributed by atoms with E-state index in [1.54, 1.807) is 13.8 Å². The van der Waals surface area contributed by atoms with Crippen LogP contribution in [0.2, 0.25) is 0 Å². The molecule has 0 heterocycles. The average molecular weight is 463 g/mol. The van der Waals surface area contributed by atoms with Crippen molar-refractivity contribution in [2.75, 3.05) is 13.2 Å². The van der Waals surface area contributed by atoms with E-state index >= 15 is 0 Å². The van der Waals surface area contributed by atoms with Gasteiger partial charge < -0.3 is 20.4 Å². The smallest absolute Gasteiger partial charge is 0.303 e. The molecule has 0 saturated heterocycles. The predicted molar refractivity (Wildman–Crippen MR) is 133 cm³/mol. The summed E-state index contributed by atoms with van der Waals surface area (Å²) in [5.74, 6) is -1.52. The first-order valence-electron chi connectivity index (χ1n) is 12.8. The van der Waals surface area contributed by atoms with Gasteiger partial charge in [-0.25, -0.2) is 0 Å². The van der Waals surface area contributed by atoms with Crippen LogP contribution in [0.3, 0.4) is 0 Å². The van der Waals surface area contributed by atoms with Gasteiger partial charge >= 0.3 is 11.9 Å². The van der Waals surface area contributed by atoms with E-state index in [0.29, 0.717) is 12.8 Å². The summed E-state index contributed by atoms with van der Waals surface area (Å²) in [6.45, 7) is 8.25. The van der Waals surface area contributed by atoms with Crippen LogP contribution in [-0.4, -0.2) is 45.6 Å². The molecule has 0 radical (unpaired) electrons. The van der Waals surface area contributed by atoms with Gasteiger partial charge in [0.1, 0.15) is 0 Å². The van der Waals surface area contributed by atoms with Crippen LogP contribution in [-0.2, 0) is 9.59 Å². The Bertz CT molecular complexity index is 362. The maximum absolute atomic E-state index is 10.1. The van der Waals surface area contributed by atoms with Crippen LogP contribution < -0.4 is 0 Å². The minimum Gasteiger partial charge on any atom is -0.481 e. The maximum Gasteiger partial charge on any atom is 0.303 e. The van der Waals surface area contributed by atoms with Crippen molar-refractivity contribution in [2.24, 2.45) is 5.41 Å². The molecule has 0 amide bonds. The molecule has 0 unspecified atom stereocenters. The second-order valence-corrected chi connectivity index (χ2v) is 9.36. The van der Waals surface area contributed by atoms with E-state index in [9.17, 15) is 9.59 Å². The third kappa shape index (κ3) is 39.3. The third-order valence-corrected chi connectivity index (χ3v) is 5.09. The van der Waals surface area contributed by atoms with E-state index in [-0.39, 0.29) is 31.5 Å². The summed E-state index contributed by atoms with van der Waals surface area (Å²) in [6, 6.07) is 0. The summed E-state index contributed by atoms with van der Waals surface area (Å²) >= 11 is 0. The third-order valence-electron chi connectivity index (χ3n) is 5.09. The lowest BCUT2D eigenvalue weighted by atomic mass is 9.97. The number of hydrogen-bond acceptors (Lipinski definition) is 4. The second kappa shape index (κ2) is 27.9. The van der Waals surface area contributed by atoms with E-state index in [1.807, 2.05) is 0 Å². The second-order valence-electron chi connectivity index (χ2n) is 9.36. The summed E-state index contributed by atoms with van der Waals surface area (Å²) in [5, 5.41) is 33.5. The van der Waals surface area contributed by atoms with Crippen LogP contribution in [0.1, 0.15) is 137 Å². The number of carboxylic acids is 2.